The van der Waals surface area contributed by atoms with E-state index in [0.29, 0.717) is 12.2 Å². The highest BCUT2D eigenvalue weighted by atomic mass is 16.4. The van der Waals surface area contributed by atoms with Gasteiger partial charge in [0.25, 0.3) is 5.91 Å². The monoisotopic (exact) mass is 251 g/mol. The van der Waals surface area contributed by atoms with Crippen molar-refractivity contribution in [3.8, 4) is 0 Å². The summed E-state index contributed by atoms with van der Waals surface area (Å²) in [4.78, 5) is 28.3. The molecule has 0 aliphatic heterocycles. The van der Waals surface area contributed by atoms with Crippen molar-refractivity contribution in [3.63, 3.8) is 0 Å². The van der Waals surface area contributed by atoms with Crippen LogP contribution in [0.15, 0.2) is 18.3 Å². The number of carboxylic acids is 1. The van der Waals surface area contributed by atoms with Crippen LogP contribution in [0.2, 0.25) is 0 Å². The number of nitrogen functional groups attached to an aromatic ring is 1. The van der Waals surface area contributed by atoms with Crippen molar-refractivity contribution >= 4 is 17.6 Å². The summed E-state index contributed by atoms with van der Waals surface area (Å²) in [6.45, 7) is 3.96. The van der Waals surface area contributed by atoms with Gasteiger partial charge in [-0.15, -0.1) is 0 Å². The lowest BCUT2D eigenvalue weighted by Crippen LogP contribution is -2.37. The molecular formula is C12H17N3O3. The molecule has 98 valence electrons. The Balaban J connectivity index is 2.79. The van der Waals surface area contributed by atoms with Crippen LogP contribution in [0, 0.1) is 5.92 Å². The first kappa shape index (κ1) is 14.0. The van der Waals surface area contributed by atoms with Crippen molar-refractivity contribution in [2.24, 2.45) is 5.92 Å². The summed E-state index contributed by atoms with van der Waals surface area (Å²) in [5.74, 6) is -1.82. The number of anilines is 1. The number of rotatable bonds is 5. The number of amides is 1. The molecule has 0 fully saturated rings. The second-order valence-electron chi connectivity index (χ2n) is 4.06. The zero-order valence-electron chi connectivity index (χ0n) is 10.5. The van der Waals surface area contributed by atoms with Crippen LogP contribution in [0.5, 0.6) is 0 Å². The SMILES string of the molecule is CCN(CC(C)C(=O)O)C(=O)c1ccc(N)cn1. The fraction of sp³-hybridized carbons (Fsp3) is 0.417. The quantitative estimate of drug-likeness (QED) is 0.808. The summed E-state index contributed by atoms with van der Waals surface area (Å²) in [5.41, 5.74) is 6.24. The first-order valence-corrected chi connectivity index (χ1v) is 5.69. The number of nitrogens with two attached hydrogens (primary N) is 1. The highest BCUT2D eigenvalue weighted by molar-refractivity contribution is 5.92. The fourth-order valence-electron chi connectivity index (χ4n) is 1.46. The van der Waals surface area contributed by atoms with Gasteiger partial charge >= 0.3 is 5.97 Å². The minimum Gasteiger partial charge on any atom is -0.481 e. The van der Waals surface area contributed by atoms with Gasteiger partial charge in [-0.2, -0.15) is 0 Å². The van der Waals surface area contributed by atoms with Gasteiger partial charge in [-0.05, 0) is 19.1 Å². The third kappa shape index (κ3) is 3.44. The first-order chi connectivity index (χ1) is 8.45. The van der Waals surface area contributed by atoms with Crippen LogP contribution in [0.3, 0.4) is 0 Å². The number of aromatic nitrogens is 1. The molecule has 6 nitrogen and oxygen atoms in total. The van der Waals surface area contributed by atoms with Gasteiger partial charge < -0.3 is 15.7 Å². The predicted octanol–water partition coefficient (Wildman–Crippen LogP) is 0.847. The van der Waals surface area contributed by atoms with E-state index in [0.717, 1.165) is 0 Å². The molecule has 1 aromatic heterocycles. The van der Waals surface area contributed by atoms with Gasteiger partial charge in [0.15, 0.2) is 0 Å². The van der Waals surface area contributed by atoms with Crippen LogP contribution in [-0.4, -0.2) is 40.0 Å². The second-order valence-corrected chi connectivity index (χ2v) is 4.06. The van der Waals surface area contributed by atoms with E-state index in [-0.39, 0.29) is 18.1 Å². The van der Waals surface area contributed by atoms with Crippen molar-refractivity contribution in [2.75, 3.05) is 18.8 Å². The Labute approximate surface area is 105 Å². The maximum atomic E-state index is 12.1. The zero-order chi connectivity index (χ0) is 13.7. The van der Waals surface area contributed by atoms with Gasteiger partial charge in [0.05, 0.1) is 17.8 Å². The minimum atomic E-state index is -0.925. The normalized spacial score (nSPS) is 11.9. The number of pyridine rings is 1. The summed E-state index contributed by atoms with van der Waals surface area (Å²) in [6.07, 6.45) is 1.40. The molecule has 1 atom stereocenters. The zero-order valence-corrected chi connectivity index (χ0v) is 10.5. The summed E-state index contributed by atoms with van der Waals surface area (Å²) in [6, 6.07) is 3.13. The number of hydrogen-bond acceptors (Lipinski definition) is 4. The molecule has 0 bridgehead atoms. The minimum absolute atomic E-state index is 0.163. The molecular weight excluding hydrogens is 234 g/mol. The number of carbonyl (C=O) groups is 2. The van der Waals surface area contributed by atoms with E-state index in [2.05, 4.69) is 4.98 Å². The number of carbonyl (C=O) groups excluding carboxylic acids is 1. The van der Waals surface area contributed by atoms with E-state index in [4.69, 9.17) is 10.8 Å². The third-order valence-electron chi connectivity index (χ3n) is 2.59. The maximum absolute atomic E-state index is 12.1. The van der Waals surface area contributed by atoms with E-state index < -0.39 is 11.9 Å². The van der Waals surface area contributed by atoms with Crippen LogP contribution in [-0.2, 0) is 4.79 Å². The van der Waals surface area contributed by atoms with E-state index >= 15 is 0 Å². The standard InChI is InChI=1S/C12H17N3O3/c1-3-15(7-8(2)12(17)18)11(16)10-5-4-9(13)6-14-10/h4-6,8H,3,7,13H2,1-2H3,(H,17,18). The van der Waals surface area contributed by atoms with Gasteiger partial charge in [0.2, 0.25) is 0 Å². The van der Waals surface area contributed by atoms with Crippen LogP contribution in [0.25, 0.3) is 0 Å². The number of aliphatic carboxylic acids is 1. The number of hydrogen-bond donors (Lipinski definition) is 2. The van der Waals surface area contributed by atoms with Crippen LogP contribution in [0.4, 0.5) is 5.69 Å². The van der Waals surface area contributed by atoms with Crippen LogP contribution in [0.1, 0.15) is 24.3 Å². The summed E-state index contributed by atoms with van der Waals surface area (Å²) < 4.78 is 0. The average molecular weight is 251 g/mol. The Kier molecular flexibility index (Phi) is 4.65. The van der Waals surface area contributed by atoms with Gasteiger partial charge in [-0.1, -0.05) is 6.92 Å². The lowest BCUT2D eigenvalue weighted by molar-refractivity contribution is -0.141. The highest BCUT2D eigenvalue weighted by Gasteiger charge is 2.20. The molecule has 0 spiro atoms. The van der Waals surface area contributed by atoms with E-state index in [9.17, 15) is 9.59 Å². The van der Waals surface area contributed by atoms with E-state index in [1.807, 2.05) is 0 Å². The summed E-state index contributed by atoms with van der Waals surface area (Å²) in [5, 5.41) is 8.85. The van der Waals surface area contributed by atoms with Crippen LogP contribution < -0.4 is 5.73 Å². The number of carboxylic acid groups (broad SMARTS) is 1. The Bertz CT molecular complexity index is 431. The summed E-state index contributed by atoms with van der Waals surface area (Å²) in [7, 11) is 0. The Hall–Kier alpha value is -2.11. The van der Waals surface area contributed by atoms with E-state index in [1.165, 1.54) is 17.2 Å². The topological polar surface area (TPSA) is 96.5 Å². The van der Waals surface area contributed by atoms with Gasteiger partial charge in [0.1, 0.15) is 5.69 Å². The van der Waals surface area contributed by atoms with Crippen molar-refractivity contribution < 1.29 is 14.7 Å². The molecule has 6 heteroatoms. The Morgan fingerprint density at radius 1 is 1.50 bits per heavy atom. The average Bonchev–Trinajstić information content (AvgIpc) is 2.35. The summed E-state index contributed by atoms with van der Waals surface area (Å²) >= 11 is 0. The molecule has 1 amide bonds. The largest absolute Gasteiger partial charge is 0.481 e. The molecule has 1 aromatic rings. The second kappa shape index (κ2) is 6.00. The molecule has 0 aliphatic carbocycles. The fourth-order valence-corrected chi connectivity index (χ4v) is 1.46. The van der Waals surface area contributed by atoms with Crippen molar-refractivity contribution in [1.29, 1.82) is 0 Å². The molecule has 0 aromatic carbocycles. The Morgan fingerprint density at radius 3 is 2.61 bits per heavy atom. The first-order valence-electron chi connectivity index (χ1n) is 5.69. The van der Waals surface area contributed by atoms with Crippen molar-refractivity contribution in [3.05, 3.63) is 24.0 Å². The predicted molar refractivity (Wildman–Crippen MR) is 67.0 cm³/mol. The van der Waals surface area contributed by atoms with Crippen molar-refractivity contribution in [2.45, 2.75) is 13.8 Å². The van der Waals surface area contributed by atoms with Gasteiger partial charge in [0, 0.05) is 13.1 Å². The molecule has 3 N–H and O–H groups in total. The lowest BCUT2D eigenvalue weighted by Gasteiger charge is -2.22. The molecule has 0 aliphatic rings. The third-order valence-corrected chi connectivity index (χ3v) is 2.59. The van der Waals surface area contributed by atoms with Gasteiger partial charge in [-0.25, -0.2) is 4.98 Å². The number of nitrogens with zero attached hydrogens (tertiary/aromatic N) is 2. The van der Waals surface area contributed by atoms with Crippen molar-refractivity contribution in [1.82, 2.24) is 9.88 Å². The van der Waals surface area contributed by atoms with E-state index in [1.54, 1.807) is 19.9 Å². The molecule has 18 heavy (non-hydrogen) atoms. The maximum Gasteiger partial charge on any atom is 0.308 e. The molecule has 1 unspecified atom stereocenters. The molecule has 0 radical (unpaired) electrons. The Morgan fingerprint density at radius 2 is 2.17 bits per heavy atom. The van der Waals surface area contributed by atoms with Crippen LogP contribution >= 0.6 is 0 Å². The molecule has 1 rings (SSSR count). The molecule has 1 heterocycles. The molecule has 0 saturated heterocycles. The highest BCUT2D eigenvalue weighted by Crippen LogP contribution is 2.08. The lowest BCUT2D eigenvalue weighted by atomic mass is 10.1. The molecule has 0 saturated carbocycles. The smallest absolute Gasteiger partial charge is 0.308 e. The van der Waals surface area contributed by atoms with Gasteiger partial charge in [-0.3, -0.25) is 9.59 Å².